The SMILES string of the molecule is CCc1ccccc1NCc1cccc(C(=O)Nc2ccc(Oc3ccccc3)cc2)c1. The van der Waals surface area contributed by atoms with Gasteiger partial charge in [-0.2, -0.15) is 0 Å². The van der Waals surface area contributed by atoms with Crippen molar-refractivity contribution in [3.63, 3.8) is 0 Å². The first-order chi connectivity index (χ1) is 15.7. The molecule has 2 N–H and O–H groups in total. The maximum Gasteiger partial charge on any atom is 0.255 e. The Hall–Kier alpha value is -4.05. The number of ether oxygens (including phenoxy) is 1. The number of amides is 1. The Morgan fingerprint density at radius 3 is 2.28 bits per heavy atom. The zero-order chi connectivity index (χ0) is 22.2. The molecule has 0 spiro atoms. The summed E-state index contributed by atoms with van der Waals surface area (Å²) >= 11 is 0. The summed E-state index contributed by atoms with van der Waals surface area (Å²) in [4.78, 5) is 12.8. The third-order valence-electron chi connectivity index (χ3n) is 5.16. The Bertz CT molecular complexity index is 1170. The van der Waals surface area contributed by atoms with Gasteiger partial charge >= 0.3 is 0 Å². The second-order valence-corrected chi connectivity index (χ2v) is 7.46. The smallest absolute Gasteiger partial charge is 0.255 e. The number of anilines is 2. The van der Waals surface area contributed by atoms with Crippen LogP contribution in [0.25, 0.3) is 0 Å². The van der Waals surface area contributed by atoms with Crippen molar-refractivity contribution in [3.05, 3.63) is 120 Å². The molecule has 0 aliphatic rings. The van der Waals surface area contributed by atoms with Crippen molar-refractivity contribution in [2.75, 3.05) is 10.6 Å². The molecule has 4 heteroatoms. The summed E-state index contributed by atoms with van der Waals surface area (Å²) in [6.07, 6.45) is 0.973. The molecule has 4 rings (SSSR count). The van der Waals surface area contributed by atoms with Crippen LogP contribution in [0, 0.1) is 0 Å². The van der Waals surface area contributed by atoms with E-state index in [1.165, 1.54) is 5.56 Å². The van der Waals surface area contributed by atoms with Gasteiger partial charge in [-0.1, -0.05) is 55.5 Å². The van der Waals surface area contributed by atoms with Crippen LogP contribution in [-0.2, 0) is 13.0 Å². The summed E-state index contributed by atoms with van der Waals surface area (Å²) in [6.45, 7) is 2.80. The Balaban J connectivity index is 1.37. The third kappa shape index (κ3) is 5.55. The number of rotatable bonds is 8. The lowest BCUT2D eigenvalue weighted by molar-refractivity contribution is 0.102. The van der Waals surface area contributed by atoms with E-state index in [1.54, 1.807) is 0 Å². The molecular formula is C28H26N2O2. The molecule has 0 radical (unpaired) electrons. The van der Waals surface area contributed by atoms with Crippen LogP contribution in [0.15, 0.2) is 103 Å². The molecular weight excluding hydrogens is 396 g/mol. The molecule has 0 heterocycles. The summed E-state index contributed by atoms with van der Waals surface area (Å²) in [6, 6.07) is 32.9. The van der Waals surface area contributed by atoms with E-state index in [0.29, 0.717) is 12.1 Å². The highest BCUT2D eigenvalue weighted by molar-refractivity contribution is 6.04. The summed E-state index contributed by atoms with van der Waals surface area (Å²) < 4.78 is 5.80. The van der Waals surface area contributed by atoms with Crippen LogP contribution in [0.5, 0.6) is 11.5 Å². The van der Waals surface area contributed by atoms with E-state index in [-0.39, 0.29) is 5.91 Å². The zero-order valence-electron chi connectivity index (χ0n) is 18.0. The molecule has 0 aromatic heterocycles. The first kappa shape index (κ1) is 21.2. The van der Waals surface area contributed by atoms with Crippen molar-refractivity contribution in [1.29, 1.82) is 0 Å². The largest absolute Gasteiger partial charge is 0.457 e. The zero-order valence-corrected chi connectivity index (χ0v) is 18.0. The summed E-state index contributed by atoms with van der Waals surface area (Å²) in [5, 5.41) is 6.43. The van der Waals surface area contributed by atoms with Gasteiger partial charge in [0.2, 0.25) is 0 Å². The van der Waals surface area contributed by atoms with Crippen LogP contribution in [0.3, 0.4) is 0 Å². The minimum absolute atomic E-state index is 0.141. The van der Waals surface area contributed by atoms with Gasteiger partial charge in [-0.3, -0.25) is 4.79 Å². The monoisotopic (exact) mass is 422 g/mol. The molecule has 0 saturated heterocycles. The molecule has 32 heavy (non-hydrogen) atoms. The van der Waals surface area contributed by atoms with E-state index >= 15 is 0 Å². The average Bonchev–Trinajstić information content (AvgIpc) is 2.85. The predicted octanol–water partition coefficient (Wildman–Crippen LogP) is 6.91. The molecule has 4 nitrogen and oxygen atoms in total. The predicted molar refractivity (Wildman–Crippen MR) is 130 cm³/mol. The highest BCUT2D eigenvalue weighted by Gasteiger charge is 2.08. The van der Waals surface area contributed by atoms with Gasteiger partial charge in [0, 0.05) is 23.5 Å². The number of hydrogen-bond donors (Lipinski definition) is 2. The number of carbonyl (C=O) groups excluding carboxylic acids is 1. The van der Waals surface area contributed by atoms with Gasteiger partial charge in [-0.25, -0.2) is 0 Å². The molecule has 4 aromatic rings. The number of para-hydroxylation sites is 2. The molecule has 0 unspecified atom stereocenters. The van der Waals surface area contributed by atoms with Crippen molar-refractivity contribution in [2.24, 2.45) is 0 Å². The fraction of sp³-hybridized carbons (Fsp3) is 0.107. The highest BCUT2D eigenvalue weighted by Crippen LogP contribution is 2.23. The summed E-state index contributed by atoms with van der Waals surface area (Å²) in [7, 11) is 0. The van der Waals surface area contributed by atoms with Crippen LogP contribution in [0.4, 0.5) is 11.4 Å². The van der Waals surface area contributed by atoms with Gasteiger partial charge in [0.05, 0.1) is 0 Å². The quantitative estimate of drug-likeness (QED) is 0.324. The fourth-order valence-corrected chi connectivity index (χ4v) is 3.46. The van der Waals surface area contributed by atoms with E-state index < -0.39 is 0 Å². The van der Waals surface area contributed by atoms with Gasteiger partial charge in [0.25, 0.3) is 5.91 Å². The number of carbonyl (C=O) groups is 1. The molecule has 1 amide bonds. The summed E-state index contributed by atoms with van der Waals surface area (Å²) in [5.41, 5.74) is 4.80. The third-order valence-corrected chi connectivity index (χ3v) is 5.16. The van der Waals surface area contributed by atoms with E-state index in [4.69, 9.17) is 4.74 Å². The fourth-order valence-electron chi connectivity index (χ4n) is 3.46. The van der Waals surface area contributed by atoms with Crippen LogP contribution >= 0.6 is 0 Å². The Morgan fingerprint density at radius 1 is 0.781 bits per heavy atom. The van der Waals surface area contributed by atoms with Crippen LogP contribution in [0.1, 0.15) is 28.4 Å². The second-order valence-electron chi connectivity index (χ2n) is 7.46. The average molecular weight is 423 g/mol. The van der Waals surface area contributed by atoms with Gasteiger partial charge in [0.15, 0.2) is 0 Å². The van der Waals surface area contributed by atoms with Crippen molar-refractivity contribution in [1.82, 2.24) is 0 Å². The van der Waals surface area contributed by atoms with Crippen molar-refractivity contribution in [3.8, 4) is 11.5 Å². The minimum Gasteiger partial charge on any atom is -0.457 e. The molecule has 0 bridgehead atoms. The molecule has 160 valence electrons. The number of hydrogen-bond acceptors (Lipinski definition) is 3. The summed E-state index contributed by atoms with van der Waals surface area (Å²) in [5.74, 6) is 1.35. The minimum atomic E-state index is -0.141. The van der Waals surface area contributed by atoms with Crippen LogP contribution < -0.4 is 15.4 Å². The Morgan fingerprint density at radius 2 is 1.50 bits per heavy atom. The molecule has 0 aliphatic carbocycles. The number of aryl methyl sites for hydroxylation is 1. The lowest BCUT2D eigenvalue weighted by Crippen LogP contribution is -2.12. The van der Waals surface area contributed by atoms with Gasteiger partial charge < -0.3 is 15.4 Å². The number of benzene rings is 4. The molecule has 0 atom stereocenters. The van der Waals surface area contributed by atoms with Gasteiger partial charge in [-0.05, 0) is 72.1 Å². The van der Waals surface area contributed by atoms with Crippen molar-refractivity contribution < 1.29 is 9.53 Å². The lowest BCUT2D eigenvalue weighted by Gasteiger charge is -2.12. The Labute approximate surface area is 188 Å². The first-order valence-electron chi connectivity index (χ1n) is 10.8. The second kappa shape index (κ2) is 10.3. The maximum atomic E-state index is 12.8. The highest BCUT2D eigenvalue weighted by atomic mass is 16.5. The van der Waals surface area contributed by atoms with Gasteiger partial charge in [0.1, 0.15) is 11.5 Å². The normalized spacial score (nSPS) is 10.4. The topological polar surface area (TPSA) is 50.4 Å². The first-order valence-corrected chi connectivity index (χ1v) is 10.8. The standard InChI is InChI=1S/C28H26N2O2/c1-2-22-10-6-7-14-27(22)29-20-21-9-8-11-23(19-21)28(31)30-24-15-17-26(18-16-24)32-25-12-4-3-5-13-25/h3-19,29H,2,20H2,1H3,(H,30,31). The lowest BCUT2D eigenvalue weighted by atomic mass is 10.1. The Kier molecular flexibility index (Phi) is 6.83. The van der Waals surface area contributed by atoms with E-state index in [0.717, 1.165) is 34.9 Å². The van der Waals surface area contributed by atoms with Crippen LogP contribution in [-0.4, -0.2) is 5.91 Å². The maximum absolute atomic E-state index is 12.8. The molecule has 0 fully saturated rings. The molecule has 0 aliphatic heterocycles. The number of nitrogens with one attached hydrogen (secondary N) is 2. The van der Waals surface area contributed by atoms with E-state index in [9.17, 15) is 4.79 Å². The van der Waals surface area contributed by atoms with Crippen molar-refractivity contribution >= 4 is 17.3 Å². The van der Waals surface area contributed by atoms with E-state index in [1.807, 2.05) is 84.9 Å². The van der Waals surface area contributed by atoms with Gasteiger partial charge in [-0.15, -0.1) is 0 Å². The molecule has 4 aromatic carbocycles. The van der Waals surface area contributed by atoms with E-state index in [2.05, 4.69) is 35.8 Å². The molecule has 0 saturated carbocycles. The van der Waals surface area contributed by atoms with Crippen molar-refractivity contribution in [2.45, 2.75) is 19.9 Å². The van der Waals surface area contributed by atoms with Crippen LogP contribution in [0.2, 0.25) is 0 Å².